The highest BCUT2D eigenvalue weighted by atomic mass is 32.2. The van der Waals surface area contributed by atoms with Gasteiger partial charge in [-0.15, -0.1) is 11.3 Å². The van der Waals surface area contributed by atoms with E-state index in [0.717, 1.165) is 33.3 Å². The topological polar surface area (TPSA) is 97.6 Å². The third-order valence-corrected chi connectivity index (χ3v) is 7.18. The summed E-state index contributed by atoms with van der Waals surface area (Å²) in [4.78, 5) is 20.0. The van der Waals surface area contributed by atoms with Crippen molar-refractivity contribution in [3.05, 3.63) is 48.0 Å². The molecule has 0 saturated carbocycles. The van der Waals surface area contributed by atoms with Gasteiger partial charge in [-0.1, -0.05) is 12.1 Å². The van der Waals surface area contributed by atoms with Gasteiger partial charge in [0.2, 0.25) is 10.0 Å². The molecule has 3 aromatic heterocycles. The van der Waals surface area contributed by atoms with Crippen LogP contribution < -0.4 is 4.31 Å². The van der Waals surface area contributed by atoms with E-state index in [1.54, 1.807) is 18.5 Å². The molecule has 0 radical (unpaired) electrons. The Morgan fingerprint density at radius 1 is 1.26 bits per heavy atom. The maximum atomic E-state index is 12.3. The third-order valence-electron chi connectivity index (χ3n) is 4.78. The molecule has 1 aliphatic rings. The molecular formula is C21H23N5O3S2. The van der Waals surface area contributed by atoms with E-state index in [0.29, 0.717) is 36.7 Å². The average molecular weight is 458 g/mol. The summed E-state index contributed by atoms with van der Waals surface area (Å²) in [6.45, 7) is 4.75. The summed E-state index contributed by atoms with van der Waals surface area (Å²) in [5.41, 5.74) is 4.22. The molecule has 0 saturated heterocycles. The first kappa shape index (κ1) is 21.4. The molecule has 3 aromatic rings. The second-order valence-corrected chi connectivity index (χ2v) is 10.1. The minimum Gasteiger partial charge on any atom is -0.396 e. The summed E-state index contributed by atoms with van der Waals surface area (Å²) in [6, 6.07) is 7.47. The molecule has 0 fully saturated rings. The molecule has 1 aliphatic heterocycles. The van der Waals surface area contributed by atoms with Crippen LogP contribution in [0.5, 0.6) is 0 Å². The first-order valence-electron chi connectivity index (χ1n) is 9.94. The first-order valence-corrected chi connectivity index (χ1v) is 12.6. The number of oxime groups is 1. The van der Waals surface area contributed by atoms with Crippen LogP contribution in [0.4, 0.5) is 5.69 Å². The molecule has 162 valence electrons. The molecule has 4 heterocycles. The van der Waals surface area contributed by atoms with Crippen LogP contribution >= 0.6 is 11.3 Å². The number of aromatic nitrogens is 3. The minimum atomic E-state index is -3.42. The van der Waals surface area contributed by atoms with E-state index in [-0.39, 0.29) is 0 Å². The largest absolute Gasteiger partial charge is 0.396 e. The second kappa shape index (κ2) is 8.72. The van der Waals surface area contributed by atoms with E-state index in [9.17, 15) is 8.42 Å². The van der Waals surface area contributed by atoms with Crippen molar-refractivity contribution in [1.82, 2.24) is 15.0 Å². The summed E-state index contributed by atoms with van der Waals surface area (Å²) < 4.78 is 26.0. The van der Waals surface area contributed by atoms with Gasteiger partial charge < -0.3 is 4.84 Å². The first-order chi connectivity index (χ1) is 14.9. The predicted molar refractivity (Wildman–Crippen MR) is 123 cm³/mol. The van der Waals surface area contributed by atoms with Crippen LogP contribution in [0.3, 0.4) is 0 Å². The van der Waals surface area contributed by atoms with Crippen LogP contribution in [-0.4, -0.2) is 48.5 Å². The van der Waals surface area contributed by atoms with Crippen molar-refractivity contribution in [3.63, 3.8) is 0 Å². The van der Waals surface area contributed by atoms with Crippen LogP contribution in [0, 0.1) is 6.92 Å². The van der Waals surface area contributed by atoms with E-state index >= 15 is 0 Å². The number of aryl methyl sites for hydroxylation is 1. The van der Waals surface area contributed by atoms with Crippen molar-refractivity contribution in [1.29, 1.82) is 0 Å². The quantitative estimate of drug-likeness (QED) is 0.412. The van der Waals surface area contributed by atoms with Crippen LogP contribution in [0.25, 0.3) is 21.1 Å². The number of hydrogen-bond acceptors (Lipinski definition) is 8. The number of thiazole rings is 1. The maximum Gasteiger partial charge on any atom is 0.232 e. The number of fused-ring (bicyclic) bond motifs is 1. The van der Waals surface area contributed by atoms with Gasteiger partial charge in [0.15, 0.2) is 0 Å². The Labute approximate surface area is 185 Å². The van der Waals surface area contributed by atoms with E-state index in [4.69, 9.17) is 9.82 Å². The highest BCUT2D eigenvalue weighted by molar-refractivity contribution is 7.92. The molecular weight excluding hydrogens is 434 g/mol. The lowest BCUT2D eigenvalue weighted by molar-refractivity contribution is 0.144. The van der Waals surface area contributed by atoms with Crippen molar-refractivity contribution in [3.8, 4) is 21.1 Å². The standard InChI is InChI=1S/C21H23N5O3S2/c1-4-12-29-25-16-9-11-26(31(3,27)28)18-8-7-17(24-19(16)18)20-14(2)23-21(30-20)15-6-5-10-22-13-15/h5-8,10,13H,4,9,11-12H2,1-3H3. The zero-order valence-corrected chi connectivity index (χ0v) is 19.2. The van der Waals surface area contributed by atoms with Crippen molar-refractivity contribution < 1.29 is 13.3 Å². The van der Waals surface area contributed by atoms with Gasteiger partial charge in [-0.25, -0.2) is 18.4 Å². The Balaban J connectivity index is 1.79. The van der Waals surface area contributed by atoms with E-state index in [1.165, 1.54) is 21.9 Å². The molecule has 0 N–H and O–H groups in total. The van der Waals surface area contributed by atoms with Crippen LogP contribution in [0.1, 0.15) is 31.2 Å². The van der Waals surface area contributed by atoms with Crippen LogP contribution in [0.2, 0.25) is 0 Å². The van der Waals surface area contributed by atoms with Crippen molar-refractivity contribution in [2.45, 2.75) is 26.7 Å². The van der Waals surface area contributed by atoms with Gasteiger partial charge >= 0.3 is 0 Å². The lowest BCUT2D eigenvalue weighted by atomic mass is 10.1. The summed E-state index contributed by atoms with van der Waals surface area (Å²) in [6.07, 6.45) is 5.98. The van der Waals surface area contributed by atoms with Gasteiger partial charge in [-0.05, 0) is 37.6 Å². The third kappa shape index (κ3) is 4.45. The molecule has 0 spiro atoms. The van der Waals surface area contributed by atoms with Gasteiger partial charge in [0.05, 0.1) is 28.2 Å². The highest BCUT2D eigenvalue weighted by Gasteiger charge is 2.30. The van der Waals surface area contributed by atoms with Gasteiger partial charge in [-0.2, -0.15) is 0 Å². The van der Waals surface area contributed by atoms with E-state index in [2.05, 4.69) is 15.1 Å². The zero-order valence-electron chi connectivity index (χ0n) is 17.6. The Morgan fingerprint density at radius 3 is 2.81 bits per heavy atom. The van der Waals surface area contributed by atoms with Gasteiger partial charge in [0.1, 0.15) is 23.0 Å². The summed E-state index contributed by atoms with van der Waals surface area (Å²) in [5, 5.41) is 5.11. The fraction of sp³-hybridized carbons (Fsp3) is 0.333. The average Bonchev–Trinajstić information content (AvgIpc) is 3.15. The van der Waals surface area contributed by atoms with Crippen molar-refractivity contribution >= 4 is 32.8 Å². The molecule has 0 unspecified atom stereocenters. The molecule has 31 heavy (non-hydrogen) atoms. The summed E-state index contributed by atoms with van der Waals surface area (Å²) in [7, 11) is -3.42. The number of sulfonamides is 1. The predicted octanol–water partition coefficient (Wildman–Crippen LogP) is 3.88. The molecule has 10 heteroatoms. The van der Waals surface area contributed by atoms with Crippen molar-refractivity contribution in [2.24, 2.45) is 5.16 Å². The molecule has 8 nitrogen and oxygen atoms in total. The number of rotatable bonds is 6. The number of pyridine rings is 2. The van der Waals surface area contributed by atoms with Gasteiger partial charge in [0, 0.05) is 30.9 Å². The Kier molecular flexibility index (Phi) is 6.01. The molecule has 4 rings (SSSR count). The molecule has 0 aromatic carbocycles. The van der Waals surface area contributed by atoms with Crippen LogP contribution in [0.15, 0.2) is 41.8 Å². The Hall–Kier alpha value is -2.85. The normalized spacial score (nSPS) is 15.2. The van der Waals surface area contributed by atoms with E-state index in [1.807, 2.05) is 32.0 Å². The lowest BCUT2D eigenvalue weighted by Gasteiger charge is -2.29. The van der Waals surface area contributed by atoms with Crippen molar-refractivity contribution in [2.75, 3.05) is 23.7 Å². The lowest BCUT2D eigenvalue weighted by Crippen LogP contribution is -2.37. The number of anilines is 1. The van der Waals surface area contributed by atoms with Gasteiger partial charge in [-0.3, -0.25) is 9.29 Å². The second-order valence-electron chi connectivity index (χ2n) is 7.20. The summed E-state index contributed by atoms with van der Waals surface area (Å²) in [5.74, 6) is 0. The SMILES string of the molecule is CCCON=C1CCN(S(C)(=O)=O)c2ccc(-c3sc(-c4cccnc4)nc3C)nc21. The number of nitrogens with zero attached hydrogens (tertiary/aromatic N) is 5. The van der Waals surface area contributed by atoms with Crippen LogP contribution in [-0.2, 0) is 14.9 Å². The molecule has 0 atom stereocenters. The molecule has 0 amide bonds. The maximum absolute atomic E-state index is 12.3. The highest BCUT2D eigenvalue weighted by Crippen LogP contribution is 2.36. The van der Waals surface area contributed by atoms with Gasteiger partial charge in [0.25, 0.3) is 0 Å². The minimum absolute atomic E-state index is 0.311. The summed E-state index contributed by atoms with van der Waals surface area (Å²) >= 11 is 1.53. The fourth-order valence-corrected chi connectivity index (χ4v) is 5.29. The zero-order chi connectivity index (χ0) is 22.0. The fourth-order valence-electron chi connectivity index (χ4n) is 3.33. The number of hydrogen-bond donors (Lipinski definition) is 0. The van der Waals surface area contributed by atoms with E-state index < -0.39 is 10.0 Å². The Morgan fingerprint density at radius 2 is 2.10 bits per heavy atom. The smallest absolute Gasteiger partial charge is 0.232 e. The Bertz CT molecular complexity index is 1220. The monoisotopic (exact) mass is 457 g/mol. The molecule has 0 aliphatic carbocycles. The molecule has 0 bridgehead atoms.